The minimum Gasteiger partial charge on any atom is -0.365 e. The fraction of sp³-hybridized carbons (Fsp3) is 0.733. The summed E-state index contributed by atoms with van der Waals surface area (Å²) in [7, 11) is 0. The Hall–Kier alpha value is -1.44. The summed E-state index contributed by atoms with van der Waals surface area (Å²) in [5, 5.41) is 7.30. The number of rotatable bonds is 7. The van der Waals surface area contributed by atoms with Crippen LogP contribution in [-0.4, -0.2) is 29.9 Å². The zero-order valence-corrected chi connectivity index (χ0v) is 12.7. The molecule has 1 aromatic heterocycles. The monoisotopic (exact) mass is 308 g/mol. The van der Waals surface area contributed by atoms with Gasteiger partial charge in [0, 0.05) is 18.0 Å². The average molecular weight is 308 g/mol. The van der Waals surface area contributed by atoms with Crippen molar-refractivity contribution < 1.29 is 14.1 Å². The number of carbonyl (C=O) groups is 1. The highest BCUT2D eigenvalue weighted by molar-refractivity contribution is 5.95. The summed E-state index contributed by atoms with van der Waals surface area (Å²) in [4.78, 5) is 11.6. The highest BCUT2D eigenvalue weighted by Gasteiger charge is 2.34. The van der Waals surface area contributed by atoms with E-state index >= 15 is 0 Å². The van der Waals surface area contributed by atoms with E-state index in [4.69, 9.17) is 20.7 Å². The van der Waals surface area contributed by atoms with Gasteiger partial charge in [-0.1, -0.05) is 5.16 Å². The fourth-order valence-electron chi connectivity index (χ4n) is 2.97. The number of hydrogen-bond acceptors (Lipinski definition) is 6. The van der Waals surface area contributed by atoms with E-state index < -0.39 is 5.91 Å². The highest BCUT2D eigenvalue weighted by atomic mass is 16.5. The Kier molecular flexibility index (Phi) is 4.75. The lowest BCUT2D eigenvalue weighted by Gasteiger charge is -2.26. The van der Waals surface area contributed by atoms with Gasteiger partial charge in [0.2, 0.25) is 0 Å². The van der Waals surface area contributed by atoms with Crippen molar-refractivity contribution in [1.82, 2.24) is 10.5 Å². The molecule has 2 fully saturated rings. The molecule has 122 valence electrons. The summed E-state index contributed by atoms with van der Waals surface area (Å²) in [5.41, 5.74) is 12.2. The largest absolute Gasteiger partial charge is 0.365 e. The molecule has 0 radical (unpaired) electrons. The Morgan fingerprint density at radius 2 is 2.00 bits per heavy atom. The van der Waals surface area contributed by atoms with Crippen molar-refractivity contribution in [1.29, 1.82) is 0 Å². The smallest absolute Gasteiger partial charge is 0.254 e. The van der Waals surface area contributed by atoms with E-state index in [1.165, 1.54) is 0 Å². The first-order valence-corrected chi connectivity index (χ1v) is 8.00. The van der Waals surface area contributed by atoms with Gasteiger partial charge in [-0.15, -0.1) is 0 Å². The van der Waals surface area contributed by atoms with Crippen molar-refractivity contribution in [2.45, 2.75) is 63.1 Å². The van der Waals surface area contributed by atoms with Gasteiger partial charge in [-0.2, -0.15) is 0 Å². The van der Waals surface area contributed by atoms with Crippen LogP contribution < -0.4 is 16.8 Å². The lowest BCUT2D eigenvalue weighted by molar-refractivity contribution is 0.0844. The molecule has 0 unspecified atom stereocenters. The molecule has 0 saturated heterocycles. The van der Waals surface area contributed by atoms with Crippen LogP contribution in [0.1, 0.15) is 66.3 Å². The van der Waals surface area contributed by atoms with Crippen LogP contribution in [0, 0.1) is 0 Å². The zero-order valence-electron chi connectivity index (χ0n) is 12.7. The summed E-state index contributed by atoms with van der Waals surface area (Å²) in [6.45, 7) is 0.650. The zero-order chi connectivity index (χ0) is 15.5. The van der Waals surface area contributed by atoms with Crippen LogP contribution in [0.15, 0.2) is 4.52 Å². The van der Waals surface area contributed by atoms with Gasteiger partial charge in [0.25, 0.3) is 5.91 Å². The minimum absolute atomic E-state index is 0.230. The first-order valence-electron chi connectivity index (χ1n) is 8.00. The quantitative estimate of drug-likeness (QED) is 0.511. The second-order valence-electron chi connectivity index (χ2n) is 6.32. The van der Waals surface area contributed by atoms with Gasteiger partial charge >= 0.3 is 0 Å². The molecule has 7 nitrogen and oxygen atoms in total. The number of nitrogens with zero attached hydrogens (tertiary/aromatic N) is 1. The molecule has 22 heavy (non-hydrogen) atoms. The van der Waals surface area contributed by atoms with Gasteiger partial charge < -0.3 is 20.7 Å². The maximum atomic E-state index is 11.6. The summed E-state index contributed by atoms with van der Waals surface area (Å²) in [5.74, 6) is 0.435. The number of nitrogens with two attached hydrogens (primary N) is 2. The third-order valence-electron chi connectivity index (χ3n) is 4.47. The molecular weight excluding hydrogens is 284 g/mol. The third-order valence-corrected chi connectivity index (χ3v) is 4.47. The van der Waals surface area contributed by atoms with E-state index in [0.717, 1.165) is 38.5 Å². The number of nitrogens with one attached hydrogen (secondary N) is 1. The Morgan fingerprint density at radius 1 is 1.27 bits per heavy atom. The summed E-state index contributed by atoms with van der Waals surface area (Å²) in [6.07, 6.45) is 6.32. The Balaban J connectivity index is 1.46. The van der Waals surface area contributed by atoms with Crippen LogP contribution >= 0.6 is 0 Å². The van der Waals surface area contributed by atoms with Gasteiger partial charge in [0.05, 0.1) is 13.3 Å². The lowest BCUT2D eigenvalue weighted by atomic mass is 9.92. The van der Waals surface area contributed by atoms with Gasteiger partial charge in [-0.05, 0) is 38.5 Å². The molecule has 0 atom stereocenters. The molecule has 2 aliphatic carbocycles. The number of amides is 1. The molecule has 7 heteroatoms. The topological polar surface area (TPSA) is 116 Å². The van der Waals surface area contributed by atoms with Crippen molar-refractivity contribution in [3.05, 3.63) is 17.0 Å². The number of aromatic nitrogens is 1. The molecule has 0 aliphatic heterocycles. The predicted molar refractivity (Wildman–Crippen MR) is 80.0 cm³/mol. The summed E-state index contributed by atoms with van der Waals surface area (Å²) >= 11 is 0. The van der Waals surface area contributed by atoms with Gasteiger partial charge in [-0.25, -0.2) is 0 Å². The molecular formula is C15H24N4O3. The predicted octanol–water partition coefficient (Wildman–Crippen LogP) is 0.984. The molecule has 0 aromatic carbocycles. The second kappa shape index (κ2) is 6.76. The molecule has 1 aromatic rings. The van der Waals surface area contributed by atoms with E-state index in [1.54, 1.807) is 0 Å². The maximum absolute atomic E-state index is 11.6. The van der Waals surface area contributed by atoms with Crippen molar-refractivity contribution in [2.75, 3.05) is 6.73 Å². The van der Waals surface area contributed by atoms with Crippen molar-refractivity contribution >= 4 is 5.91 Å². The molecule has 0 spiro atoms. The molecule has 5 N–H and O–H groups in total. The Bertz CT molecular complexity index is 519. The molecule has 3 rings (SSSR count). The average Bonchev–Trinajstić information content (AvgIpc) is 3.25. The Labute approximate surface area is 129 Å². The standard InChI is InChI=1S/C15H24N4O3/c16-10-3-5-11(6-4-10)18-8-21-7-12-13(15(17)20)14(22-19-12)9-1-2-9/h9-11,18H,1-8,16H2,(H2,17,20). The summed E-state index contributed by atoms with van der Waals surface area (Å²) < 4.78 is 10.9. The van der Waals surface area contributed by atoms with Crippen LogP contribution in [0.4, 0.5) is 0 Å². The van der Waals surface area contributed by atoms with E-state index in [0.29, 0.717) is 41.8 Å². The van der Waals surface area contributed by atoms with Crippen molar-refractivity contribution in [3.8, 4) is 0 Å². The van der Waals surface area contributed by atoms with Crippen LogP contribution in [0.5, 0.6) is 0 Å². The van der Waals surface area contributed by atoms with Gasteiger partial charge in [0.1, 0.15) is 11.3 Å². The third kappa shape index (κ3) is 3.66. The second-order valence-corrected chi connectivity index (χ2v) is 6.32. The molecule has 0 bridgehead atoms. The number of ether oxygens (including phenoxy) is 1. The van der Waals surface area contributed by atoms with E-state index in [2.05, 4.69) is 10.5 Å². The highest BCUT2D eigenvalue weighted by Crippen LogP contribution is 2.42. The molecule has 1 heterocycles. The first kappa shape index (κ1) is 15.5. The molecule has 2 aliphatic rings. The first-order chi connectivity index (χ1) is 10.6. The maximum Gasteiger partial charge on any atom is 0.254 e. The Morgan fingerprint density at radius 3 is 2.64 bits per heavy atom. The fourth-order valence-corrected chi connectivity index (χ4v) is 2.97. The normalized spacial score (nSPS) is 25.3. The van der Waals surface area contributed by atoms with Crippen molar-refractivity contribution in [2.24, 2.45) is 11.5 Å². The molecule has 1 amide bonds. The minimum atomic E-state index is -0.490. The van der Waals surface area contributed by atoms with Crippen LogP contribution in [0.3, 0.4) is 0 Å². The van der Waals surface area contributed by atoms with E-state index in [1.807, 2.05) is 0 Å². The number of carbonyl (C=O) groups excluding carboxylic acids is 1. The lowest BCUT2D eigenvalue weighted by Crippen LogP contribution is -2.38. The van der Waals surface area contributed by atoms with Gasteiger partial charge in [0.15, 0.2) is 5.76 Å². The van der Waals surface area contributed by atoms with Crippen LogP contribution in [0.2, 0.25) is 0 Å². The van der Waals surface area contributed by atoms with E-state index in [9.17, 15) is 4.79 Å². The SMILES string of the molecule is NC(=O)c1c(COCNC2CCC(N)CC2)noc1C1CC1. The van der Waals surface area contributed by atoms with Crippen LogP contribution in [-0.2, 0) is 11.3 Å². The van der Waals surface area contributed by atoms with Crippen LogP contribution in [0.25, 0.3) is 0 Å². The van der Waals surface area contributed by atoms with Crippen molar-refractivity contribution in [3.63, 3.8) is 0 Å². The number of primary amides is 1. The van der Waals surface area contributed by atoms with Gasteiger partial charge in [-0.3, -0.25) is 10.1 Å². The number of hydrogen-bond donors (Lipinski definition) is 3. The summed E-state index contributed by atoms with van der Waals surface area (Å²) in [6, 6.07) is 0.794. The molecule has 2 saturated carbocycles. The van der Waals surface area contributed by atoms with E-state index in [-0.39, 0.29) is 6.61 Å².